The Morgan fingerprint density at radius 3 is 2.40 bits per heavy atom. The number of benzene rings is 1. The number of aliphatic hydroxyl groups is 1. The molecule has 1 aromatic carbocycles. The molecule has 248 valence electrons. The van der Waals surface area contributed by atoms with Crippen molar-refractivity contribution in [2.24, 2.45) is 17.1 Å². The van der Waals surface area contributed by atoms with Gasteiger partial charge in [0, 0.05) is 30.1 Å². The van der Waals surface area contributed by atoms with Crippen molar-refractivity contribution in [2.45, 2.75) is 85.4 Å². The first kappa shape index (κ1) is 36.0. The summed E-state index contributed by atoms with van der Waals surface area (Å²) in [7, 11) is 0. The third-order valence-corrected chi connectivity index (χ3v) is 9.16. The van der Waals surface area contributed by atoms with E-state index in [1.54, 1.807) is 16.2 Å². The maximum atomic E-state index is 12.9. The number of hydrogen-bond donors (Lipinski definition) is 5. The number of thiazole rings is 1. The van der Waals surface area contributed by atoms with Gasteiger partial charge in [-0.3, -0.25) is 14.4 Å². The fraction of sp³-hybridized carbons (Fsp3) is 0.576. The molecule has 3 heterocycles. The predicted octanol–water partition coefficient (Wildman–Crippen LogP) is 3.89. The molecule has 2 amide bonds. The van der Waals surface area contributed by atoms with Gasteiger partial charge in [0.25, 0.3) is 0 Å². The quantitative estimate of drug-likeness (QED) is 0.268. The van der Waals surface area contributed by atoms with Gasteiger partial charge in [0.15, 0.2) is 0 Å². The summed E-state index contributed by atoms with van der Waals surface area (Å²) in [4.78, 5) is 41.6. The molecule has 12 heteroatoms. The number of carboxylic acid groups (broad SMARTS) is 1. The van der Waals surface area contributed by atoms with E-state index in [0.29, 0.717) is 45.1 Å². The van der Waals surface area contributed by atoms with Crippen molar-refractivity contribution in [3.63, 3.8) is 0 Å². The minimum Gasteiger partial charge on any atom is -0.481 e. The topological polar surface area (TPSA) is 167 Å². The molecule has 5 rings (SSSR count). The molecule has 0 radical (unpaired) electrons. The average Bonchev–Trinajstić information content (AvgIpc) is 3.71. The molecule has 3 fully saturated rings. The Morgan fingerprint density at radius 2 is 1.89 bits per heavy atom. The van der Waals surface area contributed by atoms with Gasteiger partial charge in [0.05, 0.1) is 53.1 Å². The number of aliphatic hydroxyl groups excluding tert-OH is 1. The van der Waals surface area contributed by atoms with Crippen LogP contribution in [0.5, 0.6) is 0 Å². The molecular formula is C33H49N5O6S. The summed E-state index contributed by atoms with van der Waals surface area (Å²) in [6, 6.07) is 6.65. The number of nitrogens with two attached hydrogens (primary N) is 1. The van der Waals surface area contributed by atoms with Crippen molar-refractivity contribution in [3.8, 4) is 10.4 Å². The summed E-state index contributed by atoms with van der Waals surface area (Å²) in [6.07, 6.45) is 2.88. The molecule has 3 aliphatic rings. The van der Waals surface area contributed by atoms with E-state index in [9.17, 15) is 19.5 Å². The number of hydrogen-bond acceptors (Lipinski definition) is 9. The third-order valence-electron chi connectivity index (χ3n) is 8.03. The molecule has 2 aromatic rings. The molecule has 1 saturated carbocycles. The van der Waals surface area contributed by atoms with E-state index in [4.69, 9.17) is 15.6 Å². The maximum Gasteiger partial charge on any atom is 0.305 e. The molecule has 3 unspecified atom stereocenters. The van der Waals surface area contributed by atoms with E-state index in [2.05, 4.69) is 15.6 Å². The van der Waals surface area contributed by atoms with Gasteiger partial charge in [-0.2, -0.15) is 0 Å². The summed E-state index contributed by atoms with van der Waals surface area (Å²) in [5.41, 5.74) is 10.4. The standard InChI is InChI=1S/C16H27N3O3.C15H16N2O3S.C2H6/c1-16(2)9-22-8-12(13(17)10-3-4-10)18-14(16)15(21)19-6-5-11(20)7-19;1-9-15(21-10(2)17-9)12-5-3-11(4-6-12)13(16-8-18)7-14(19)20;1-2/h10-11,14,18,20H,3-9,17H2,1-2H3;3-6,8,13H,7H2,1-2H3,(H,16,18)(H,19,20);1-2H3/b13-12-;;. The number of ether oxygens (including phenoxy) is 1. The number of aromatic nitrogens is 1. The van der Waals surface area contributed by atoms with Crippen LogP contribution in [0.1, 0.15) is 75.7 Å². The van der Waals surface area contributed by atoms with Crippen LogP contribution < -0.4 is 16.4 Å². The van der Waals surface area contributed by atoms with Crippen LogP contribution in [0.25, 0.3) is 10.4 Å². The number of aliphatic carboxylic acids is 1. The van der Waals surface area contributed by atoms with Crippen LogP contribution in [-0.2, 0) is 19.1 Å². The lowest BCUT2D eigenvalue weighted by atomic mass is 9.84. The molecule has 11 nitrogen and oxygen atoms in total. The largest absolute Gasteiger partial charge is 0.481 e. The lowest BCUT2D eigenvalue weighted by Gasteiger charge is -2.34. The van der Waals surface area contributed by atoms with Crippen molar-refractivity contribution in [2.75, 3.05) is 26.3 Å². The Kier molecular flexibility index (Phi) is 13.0. The molecule has 45 heavy (non-hydrogen) atoms. The molecule has 0 spiro atoms. The summed E-state index contributed by atoms with van der Waals surface area (Å²) in [5, 5.41) is 25.5. The lowest BCUT2D eigenvalue weighted by molar-refractivity contribution is -0.138. The highest BCUT2D eigenvalue weighted by molar-refractivity contribution is 7.15. The molecule has 0 bridgehead atoms. The number of nitrogens with zero attached hydrogens (tertiary/aromatic N) is 2. The van der Waals surface area contributed by atoms with Crippen LogP contribution in [0.4, 0.5) is 0 Å². The van der Waals surface area contributed by atoms with Crippen LogP contribution in [0, 0.1) is 25.2 Å². The zero-order chi connectivity index (χ0) is 33.3. The van der Waals surface area contributed by atoms with Crippen LogP contribution >= 0.6 is 11.3 Å². The average molecular weight is 644 g/mol. The van der Waals surface area contributed by atoms with E-state index in [0.717, 1.165) is 50.9 Å². The minimum atomic E-state index is -0.952. The molecular weight excluding hydrogens is 594 g/mol. The van der Waals surface area contributed by atoms with Crippen LogP contribution in [0.2, 0.25) is 0 Å². The molecule has 2 aliphatic heterocycles. The second-order valence-electron chi connectivity index (χ2n) is 12.2. The number of carbonyl (C=O) groups is 3. The summed E-state index contributed by atoms with van der Waals surface area (Å²) >= 11 is 1.63. The number of carbonyl (C=O) groups excluding carboxylic acids is 2. The lowest BCUT2D eigenvalue weighted by Crippen LogP contribution is -2.53. The molecule has 3 atom stereocenters. The SMILES string of the molecule is CC.CC1(C)COC/C(=C(/N)C2CC2)NC1C(=O)N1CCC(O)C1.Cc1nc(C)c(-c2ccc(C(CC(=O)O)NC=O)cc2)s1. The number of aryl methyl sites for hydroxylation is 2. The number of likely N-dealkylation sites (tertiary alicyclic amines) is 1. The predicted molar refractivity (Wildman–Crippen MR) is 175 cm³/mol. The van der Waals surface area contributed by atoms with E-state index >= 15 is 0 Å². The first-order chi connectivity index (χ1) is 21.4. The van der Waals surface area contributed by atoms with E-state index in [1.165, 1.54) is 0 Å². The van der Waals surface area contributed by atoms with Crippen molar-refractivity contribution >= 4 is 29.6 Å². The molecule has 1 aliphatic carbocycles. The molecule has 1 aromatic heterocycles. The van der Waals surface area contributed by atoms with Gasteiger partial charge >= 0.3 is 5.97 Å². The molecule has 6 N–H and O–H groups in total. The monoisotopic (exact) mass is 643 g/mol. The number of nitrogens with one attached hydrogen (secondary N) is 2. The third kappa shape index (κ3) is 9.75. The Morgan fingerprint density at radius 1 is 1.22 bits per heavy atom. The molecule has 2 saturated heterocycles. The Labute approximate surface area is 270 Å². The minimum absolute atomic E-state index is 0.0353. The Balaban J connectivity index is 0.000000233. The zero-order valence-electron chi connectivity index (χ0n) is 27.3. The van der Waals surface area contributed by atoms with E-state index in [-0.39, 0.29) is 23.8 Å². The van der Waals surface area contributed by atoms with Crippen molar-refractivity contribution in [3.05, 3.63) is 51.9 Å². The van der Waals surface area contributed by atoms with Crippen molar-refractivity contribution in [1.82, 2.24) is 20.5 Å². The number of rotatable bonds is 8. The first-order valence-electron chi connectivity index (χ1n) is 15.6. The van der Waals surface area contributed by atoms with Crippen LogP contribution in [-0.4, -0.2) is 76.8 Å². The number of carboxylic acids is 1. The highest BCUT2D eigenvalue weighted by atomic mass is 32.1. The maximum absolute atomic E-state index is 12.9. The second-order valence-corrected chi connectivity index (χ2v) is 13.4. The first-order valence-corrected chi connectivity index (χ1v) is 16.5. The van der Waals surface area contributed by atoms with E-state index < -0.39 is 18.1 Å². The smallest absolute Gasteiger partial charge is 0.305 e. The number of allylic oxidation sites excluding steroid dienone is 1. The van der Waals surface area contributed by atoms with Gasteiger partial charge < -0.3 is 36.2 Å². The van der Waals surface area contributed by atoms with Gasteiger partial charge in [-0.05, 0) is 44.2 Å². The van der Waals surface area contributed by atoms with Gasteiger partial charge in [-0.15, -0.1) is 11.3 Å². The van der Waals surface area contributed by atoms with Gasteiger partial charge in [-0.1, -0.05) is 52.0 Å². The van der Waals surface area contributed by atoms with E-state index in [1.807, 2.05) is 65.8 Å². The van der Waals surface area contributed by atoms with Gasteiger partial charge in [0.2, 0.25) is 12.3 Å². The number of amides is 2. The highest BCUT2D eigenvalue weighted by Gasteiger charge is 2.42. The summed E-state index contributed by atoms with van der Waals surface area (Å²) in [5.74, 6) is -0.475. The van der Waals surface area contributed by atoms with Crippen LogP contribution in [0.3, 0.4) is 0 Å². The summed E-state index contributed by atoms with van der Waals surface area (Å²) < 4.78 is 5.77. The van der Waals surface area contributed by atoms with Crippen molar-refractivity contribution in [1.29, 1.82) is 0 Å². The fourth-order valence-electron chi connectivity index (χ4n) is 5.43. The van der Waals surface area contributed by atoms with Crippen LogP contribution in [0.15, 0.2) is 35.7 Å². The van der Waals surface area contributed by atoms with Crippen molar-refractivity contribution < 1.29 is 29.3 Å². The number of β-amino-alcohol motifs (C(OH)–C–C–N with tert-alkyl or cyclic N) is 1. The second kappa shape index (κ2) is 16.2. The Hall–Kier alpha value is -3.48. The Bertz CT molecular complexity index is 1340. The summed E-state index contributed by atoms with van der Waals surface area (Å²) in [6.45, 7) is 14.0. The van der Waals surface area contributed by atoms with Gasteiger partial charge in [0.1, 0.15) is 6.04 Å². The zero-order valence-corrected chi connectivity index (χ0v) is 28.1. The normalized spacial score (nSPS) is 22.3. The van der Waals surface area contributed by atoms with Gasteiger partial charge in [-0.25, -0.2) is 4.98 Å². The highest BCUT2D eigenvalue weighted by Crippen LogP contribution is 2.36. The fourth-order valence-corrected chi connectivity index (χ4v) is 6.36.